The standard InChI is InChI=1S/C32H35NP2/c1-2-3-26-33(34(29-20-12-6-13-21-29)30-22-14-7-15-23-30)35-31(27-16-8-4-9-17-27)24-25-32(35)28-18-10-5-11-19-28/h4-23,31-32H,2-3,24-26H2,1H3. The van der Waals surface area contributed by atoms with E-state index in [1.165, 1.54) is 47.4 Å². The van der Waals surface area contributed by atoms with Crippen LogP contribution >= 0.6 is 16.1 Å². The summed E-state index contributed by atoms with van der Waals surface area (Å²) in [5, 5.41) is 2.94. The molecule has 0 N–H and O–H groups in total. The first kappa shape index (κ1) is 24.4. The van der Waals surface area contributed by atoms with Crippen molar-refractivity contribution in [3.8, 4) is 0 Å². The van der Waals surface area contributed by atoms with Crippen molar-refractivity contribution in [1.29, 1.82) is 0 Å². The van der Waals surface area contributed by atoms with Gasteiger partial charge in [0.15, 0.2) is 0 Å². The molecule has 0 saturated carbocycles. The Morgan fingerprint density at radius 3 is 1.43 bits per heavy atom. The molecule has 5 rings (SSSR count). The second-order valence-electron chi connectivity index (χ2n) is 9.24. The maximum atomic E-state index is 3.00. The lowest BCUT2D eigenvalue weighted by Gasteiger charge is -2.42. The molecule has 1 aliphatic heterocycles. The molecule has 1 aliphatic rings. The summed E-state index contributed by atoms with van der Waals surface area (Å²) < 4.78 is 3.00. The largest absolute Gasteiger partial charge is 0.251 e. The third-order valence-corrected chi connectivity index (χ3v) is 13.4. The van der Waals surface area contributed by atoms with Crippen molar-refractivity contribution in [3.05, 3.63) is 132 Å². The predicted octanol–water partition coefficient (Wildman–Crippen LogP) is 8.81. The first-order valence-corrected chi connectivity index (χ1v) is 15.7. The van der Waals surface area contributed by atoms with Crippen LogP contribution in [0, 0.1) is 0 Å². The van der Waals surface area contributed by atoms with Crippen molar-refractivity contribution in [2.24, 2.45) is 0 Å². The Labute approximate surface area is 213 Å². The van der Waals surface area contributed by atoms with Crippen LogP contribution in [0.4, 0.5) is 0 Å². The quantitative estimate of drug-likeness (QED) is 0.210. The maximum Gasteiger partial charge on any atom is 0.0318 e. The van der Waals surface area contributed by atoms with Gasteiger partial charge in [0.2, 0.25) is 0 Å². The molecule has 2 atom stereocenters. The fourth-order valence-electron chi connectivity index (χ4n) is 5.28. The molecule has 1 nitrogen and oxygen atoms in total. The molecule has 1 saturated heterocycles. The highest BCUT2D eigenvalue weighted by molar-refractivity contribution is 7.79. The minimum Gasteiger partial charge on any atom is -0.251 e. The Bertz CT molecular complexity index is 1060. The van der Waals surface area contributed by atoms with Gasteiger partial charge >= 0.3 is 0 Å². The van der Waals surface area contributed by atoms with Crippen molar-refractivity contribution < 1.29 is 0 Å². The zero-order chi connectivity index (χ0) is 23.9. The van der Waals surface area contributed by atoms with Crippen molar-refractivity contribution in [1.82, 2.24) is 4.44 Å². The van der Waals surface area contributed by atoms with Crippen LogP contribution in [0.25, 0.3) is 0 Å². The molecule has 0 aliphatic carbocycles. The van der Waals surface area contributed by atoms with Gasteiger partial charge in [-0.2, -0.15) is 0 Å². The topological polar surface area (TPSA) is 3.24 Å². The molecular formula is C32H35NP2. The normalized spacial score (nSPS) is 19.9. The molecule has 0 amide bonds. The van der Waals surface area contributed by atoms with Gasteiger partial charge in [0.25, 0.3) is 0 Å². The Balaban J connectivity index is 1.65. The van der Waals surface area contributed by atoms with Gasteiger partial charge in [-0.1, -0.05) is 135 Å². The second kappa shape index (κ2) is 12.1. The zero-order valence-electron chi connectivity index (χ0n) is 20.6. The smallest absolute Gasteiger partial charge is 0.0318 e. The molecule has 0 radical (unpaired) electrons. The molecule has 0 bridgehead atoms. The van der Waals surface area contributed by atoms with E-state index in [-0.39, 0.29) is 0 Å². The van der Waals surface area contributed by atoms with Crippen LogP contribution in [0.15, 0.2) is 121 Å². The fourth-order valence-corrected chi connectivity index (χ4v) is 12.8. The van der Waals surface area contributed by atoms with Crippen LogP contribution in [0.2, 0.25) is 0 Å². The van der Waals surface area contributed by atoms with Gasteiger partial charge in [-0.05, 0) is 49.1 Å². The summed E-state index contributed by atoms with van der Waals surface area (Å²) in [4.78, 5) is 0. The molecule has 4 aromatic carbocycles. The van der Waals surface area contributed by atoms with Gasteiger partial charge in [-0.25, -0.2) is 0 Å². The number of benzene rings is 4. The predicted molar refractivity (Wildman–Crippen MR) is 155 cm³/mol. The molecule has 0 spiro atoms. The summed E-state index contributed by atoms with van der Waals surface area (Å²) in [6.45, 7) is 3.49. The van der Waals surface area contributed by atoms with E-state index >= 15 is 0 Å². The van der Waals surface area contributed by atoms with Gasteiger partial charge in [0.1, 0.15) is 0 Å². The first-order valence-electron chi connectivity index (χ1n) is 12.9. The molecule has 3 heteroatoms. The number of unbranched alkanes of at least 4 members (excludes halogenated alkanes) is 1. The van der Waals surface area contributed by atoms with E-state index in [0.717, 1.165) is 6.54 Å². The highest BCUT2D eigenvalue weighted by atomic mass is 31.2. The Morgan fingerprint density at radius 1 is 0.629 bits per heavy atom. The summed E-state index contributed by atoms with van der Waals surface area (Å²) >= 11 is 0. The van der Waals surface area contributed by atoms with Gasteiger partial charge in [-0.3, -0.25) is 4.44 Å². The van der Waals surface area contributed by atoms with Gasteiger partial charge < -0.3 is 0 Å². The average Bonchev–Trinajstić information content (AvgIpc) is 3.38. The van der Waals surface area contributed by atoms with E-state index < -0.39 is 16.1 Å². The van der Waals surface area contributed by atoms with Crippen LogP contribution in [0.1, 0.15) is 55.1 Å². The summed E-state index contributed by atoms with van der Waals surface area (Å²) in [6.07, 6.45) is 4.99. The highest BCUT2D eigenvalue weighted by Crippen LogP contribution is 2.76. The van der Waals surface area contributed by atoms with E-state index in [0.29, 0.717) is 11.3 Å². The molecule has 4 aromatic rings. The molecule has 35 heavy (non-hydrogen) atoms. The summed E-state index contributed by atoms with van der Waals surface area (Å²) in [6, 6.07) is 45.3. The van der Waals surface area contributed by atoms with Crippen LogP contribution < -0.4 is 10.6 Å². The minimum atomic E-state index is -0.609. The van der Waals surface area contributed by atoms with Crippen LogP contribution in [-0.4, -0.2) is 11.0 Å². The SMILES string of the molecule is CCCCN(P(c1ccccc1)c1ccccc1)P1C(c2ccccc2)CCC1c1ccccc1. The third kappa shape index (κ3) is 5.59. The van der Waals surface area contributed by atoms with Crippen molar-refractivity contribution >= 4 is 26.8 Å². The molecular weight excluding hydrogens is 460 g/mol. The highest BCUT2D eigenvalue weighted by Gasteiger charge is 2.43. The van der Waals surface area contributed by atoms with Crippen molar-refractivity contribution in [2.45, 2.75) is 43.9 Å². The van der Waals surface area contributed by atoms with Crippen molar-refractivity contribution in [3.63, 3.8) is 0 Å². The van der Waals surface area contributed by atoms with Gasteiger partial charge in [-0.15, -0.1) is 0 Å². The first-order chi connectivity index (χ1) is 17.4. The number of rotatable bonds is 9. The van der Waals surface area contributed by atoms with E-state index in [2.05, 4.69) is 133 Å². The lowest BCUT2D eigenvalue weighted by atomic mass is 10.0. The van der Waals surface area contributed by atoms with Crippen LogP contribution in [0.5, 0.6) is 0 Å². The Kier molecular flexibility index (Phi) is 8.43. The second-order valence-corrected chi connectivity index (χ2v) is 14.2. The average molecular weight is 496 g/mol. The maximum absolute atomic E-state index is 3.00. The summed E-state index contributed by atoms with van der Waals surface area (Å²) in [5.41, 5.74) is 4.25. The monoisotopic (exact) mass is 495 g/mol. The Hall–Kier alpha value is -2.30. The van der Waals surface area contributed by atoms with Crippen LogP contribution in [-0.2, 0) is 0 Å². The molecule has 1 heterocycles. The molecule has 178 valence electrons. The van der Waals surface area contributed by atoms with E-state index in [9.17, 15) is 0 Å². The van der Waals surface area contributed by atoms with Gasteiger partial charge in [0.05, 0.1) is 0 Å². The number of hydrogen-bond acceptors (Lipinski definition) is 1. The minimum absolute atomic E-state index is 0.424. The number of hydrogen-bond donors (Lipinski definition) is 0. The zero-order valence-corrected chi connectivity index (χ0v) is 22.4. The van der Waals surface area contributed by atoms with E-state index in [1.807, 2.05) is 0 Å². The van der Waals surface area contributed by atoms with E-state index in [1.54, 1.807) is 0 Å². The fraction of sp³-hybridized carbons (Fsp3) is 0.250. The third-order valence-electron chi connectivity index (χ3n) is 6.93. The molecule has 2 unspecified atom stereocenters. The molecule has 1 fully saturated rings. The number of nitrogens with zero attached hydrogens (tertiary/aromatic N) is 1. The van der Waals surface area contributed by atoms with Crippen molar-refractivity contribution in [2.75, 3.05) is 6.54 Å². The van der Waals surface area contributed by atoms with Crippen LogP contribution in [0.3, 0.4) is 0 Å². The summed E-state index contributed by atoms with van der Waals surface area (Å²) in [5.74, 6) is 0. The lowest BCUT2D eigenvalue weighted by Crippen LogP contribution is -2.27. The lowest BCUT2D eigenvalue weighted by molar-refractivity contribution is 0.632. The van der Waals surface area contributed by atoms with E-state index in [4.69, 9.17) is 0 Å². The van der Waals surface area contributed by atoms with Gasteiger partial charge in [0, 0.05) is 25.9 Å². The summed E-state index contributed by atoms with van der Waals surface area (Å²) in [7, 11) is -1.03. The Morgan fingerprint density at radius 2 is 1.03 bits per heavy atom. The molecule has 0 aromatic heterocycles.